The molecule has 4 nitrogen and oxygen atoms in total. The van der Waals surface area contributed by atoms with Crippen molar-refractivity contribution in [1.29, 1.82) is 0 Å². The molecule has 3 aliphatic heterocycles. The van der Waals surface area contributed by atoms with Crippen molar-refractivity contribution in [2.24, 2.45) is 11.3 Å². The average Bonchev–Trinajstić information content (AvgIpc) is 2.48. The molecule has 19 heavy (non-hydrogen) atoms. The van der Waals surface area contributed by atoms with Crippen LogP contribution in [0, 0.1) is 11.3 Å². The monoisotopic (exact) mass is 269 g/mol. The topological polar surface area (TPSA) is 39.7 Å². The molecule has 0 amide bonds. The molecule has 0 aromatic carbocycles. The maximum atomic E-state index is 6.10. The summed E-state index contributed by atoms with van der Waals surface area (Å²) >= 11 is 0. The highest BCUT2D eigenvalue weighted by Gasteiger charge is 2.43. The Morgan fingerprint density at radius 1 is 1.16 bits per heavy atom. The van der Waals surface area contributed by atoms with Crippen LogP contribution in [0.15, 0.2) is 0 Å². The van der Waals surface area contributed by atoms with Crippen LogP contribution in [0.3, 0.4) is 0 Å². The minimum Gasteiger partial charge on any atom is -0.381 e. The molecule has 0 aromatic rings. The van der Waals surface area contributed by atoms with Gasteiger partial charge in [0.2, 0.25) is 0 Å². The molecule has 1 N–H and O–H groups in total. The van der Waals surface area contributed by atoms with Gasteiger partial charge < -0.3 is 19.5 Å². The third-order valence-corrected chi connectivity index (χ3v) is 4.97. The first kappa shape index (κ1) is 13.8. The molecule has 0 saturated carbocycles. The Bertz CT molecular complexity index is 267. The first-order valence-corrected chi connectivity index (χ1v) is 7.87. The van der Waals surface area contributed by atoms with Gasteiger partial charge in [-0.05, 0) is 44.6 Å². The van der Waals surface area contributed by atoms with E-state index in [9.17, 15) is 0 Å². The lowest BCUT2D eigenvalue weighted by Gasteiger charge is -2.47. The Morgan fingerprint density at radius 3 is 2.95 bits per heavy atom. The van der Waals surface area contributed by atoms with Crippen molar-refractivity contribution in [1.82, 2.24) is 5.32 Å². The van der Waals surface area contributed by atoms with Crippen LogP contribution in [0.2, 0.25) is 0 Å². The van der Waals surface area contributed by atoms with Gasteiger partial charge in [-0.3, -0.25) is 0 Å². The minimum absolute atomic E-state index is 0.238. The van der Waals surface area contributed by atoms with Gasteiger partial charge in [-0.1, -0.05) is 0 Å². The lowest BCUT2D eigenvalue weighted by atomic mass is 9.73. The van der Waals surface area contributed by atoms with Crippen molar-refractivity contribution in [2.75, 3.05) is 46.1 Å². The van der Waals surface area contributed by atoms with Crippen LogP contribution in [0.25, 0.3) is 0 Å². The van der Waals surface area contributed by atoms with E-state index < -0.39 is 0 Å². The van der Waals surface area contributed by atoms with Crippen molar-refractivity contribution in [3.05, 3.63) is 0 Å². The molecule has 4 heteroatoms. The maximum Gasteiger partial charge on any atom is 0.0677 e. The van der Waals surface area contributed by atoms with Crippen LogP contribution in [-0.4, -0.2) is 52.2 Å². The number of hydrogen-bond acceptors (Lipinski definition) is 4. The Balaban J connectivity index is 1.48. The van der Waals surface area contributed by atoms with Gasteiger partial charge in [-0.25, -0.2) is 0 Å². The van der Waals surface area contributed by atoms with E-state index in [0.717, 1.165) is 65.4 Å². The summed E-state index contributed by atoms with van der Waals surface area (Å²) in [4.78, 5) is 0. The molecule has 0 aliphatic carbocycles. The van der Waals surface area contributed by atoms with Gasteiger partial charge in [0.15, 0.2) is 0 Å². The Labute approximate surface area is 116 Å². The fourth-order valence-electron chi connectivity index (χ4n) is 3.71. The SMILES string of the molecule is C1CO[C@H]2CCNC[C@]2(COCC2CCOCC2)C1. The van der Waals surface area contributed by atoms with Gasteiger partial charge in [0.05, 0.1) is 12.7 Å². The number of hydrogen-bond donors (Lipinski definition) is 1. The Hall–Kier alpha value is -0.160. The molecule has 3 aliphatic rings. The van der Waals surface area contributed by atoms with Crippen molar-refractivity contribution in [2.45, 2.75) is 38.2 Å². The predicted octanol–water partition coefficient (Wildman–Crippen LogP) is 1.59. The quantitative estimate of drug-likeness (QED) is 0.841. The third-order valence-electron chi connectivity index (χ3n) is 4.97. The van der Waals surface area contributed by atoms with E-state index >= 15 is 0 Å². The lowest BCUT2D eigenvalue weighted by molar-refractivity contribution is -0.134. The minimum atomic E-state index is 0.238. The number of fused-ring (bicyclic) bond motifs is 1. The van der Waals surface area contributed by atoms with E-state index in [1.165, 1.54) is 12.8 Å². The summed E-state index contributed by atoms with van der Waals surface area (Å²) < 4.78 is 17.5. The van der Waals surface area contributed by atoms with Crippen LogP contribution in [0.4, 0.5) is 0 Å². The fraction of sp³-hybridized carbons (Fsp3) is 1.00. The fourth-order valence-corrected chi connectivity index (χ4v) is 3.71. The van der Waals surface area contributed by atoms with Gasteiger partial charge in [0, 0.05) is 38.4 Å². The zero-order valence-corrected chi connectivity index (χ0v) is 11.9. The number of ether oxygens (including phenoxy) is 3. The molecule has 3 fully saturated rings. The van der Waals surface area contributed by atoms with Gasteiger partial charge >= 0.3 is 0 Å². The summed E-state index contributed by atoms with van der Waals surface area (Å²) in [6.45, 7) is 6.67. The highest BCUT2D eigenvalue weighted by Crippen LogP contribution is 2.38. The summed E-state index contributed by atoms with van der Waals surface area (Å²) in [5, 5.41) is 3.53. The first-order valence-electron chi connectivity index (χ1n) is 7.87. The smallest absolute Gasteiger partial charge is 0.0677 e. The third kappa shape index (κ3) is 3.30. The van der Waals surface area contributed by atoms with Gasteiger partial charge in [0.1, 0.15) is 0 Å². The van der Waals surface area contributed by atoms with E-state index in [2.05, 4.69) is 5.32 Å². The molecular weight excluding hydrogens is 242 g/mol. The summed E-state index contributed by atoms with van der Waals surface area (Å²) in [5.74, 6) is 0.699. The summed E-state index contributed by atoms with van der Waals surface area (Å²) in [7, 11) is 0. The first-order chi connectivity index (χ1) is 9.39. The van der Waals surface area contributed by atoms with Gasteiger partial charge in [-0.15, -0.1) is 0 Å². The van der Waals surface area contributed by atoms with Crippen LogP contribution in [0.5, 0.6) is 0 Å². The van der Waals surface area contributed by atoms with Crippen molar-refractivity contribution in [3.63, 3.8) is 0 Å². The number of nitrogens with one attached hydrogen (secondary N) is 1. The summed E-state index contributed by atoms with van der Waals surface area (Å²) in [6, 6.07) is 0. The molecule has 0 radical (unpaired) electrons. The van der Waals surface area contributed by atoms with Gasteiger partial charge in [-0.2, -0.15) is 0 Å². The molecule has 3 rings (SSSR count). The standard InChI is InChI=1S/C15H27NO3/c1-5-15(11-16-6-2-14(15)19-7-1)12-18-10-13-3-8-17-9-4-13/h13-14,16H,1-12H2/t14-,15-/m0/s1. The predicted molar refractivity (Wildman–Crippen MR) is 73.3 cm³/mol. The highest BCUT2D eigenvalue weighted by molar-refractivity contribution is 4.95. The van der Waals surface area contributed by atoms with Crippen LogP contribution in [0.1, 0.15) is 32.1 Å². The normalized spacial score (nSPS) is 36.9. The molecule has 0 unspecified atom stereocenters. The average molecular weight is 269 g/mol. The van der Waals surface area contributed by atoms with E-state index in [1.807, 2.05) is 0 Å². The second-order valence-corrected chi connectivity index (χ2v) is 6.36. The van der Waals surface area contributed by atoms with Gasteiger partial charge in [0.25, 0.3) is 0 Å². The van der Waals surface area contributed by atoms with Crippen molar-refractivity contribution < 1.29 is 14.2 Å². The largest absolute Gasteiger partial charge is 0.381 e. The van der Waals surface area contributed by atoms with Crippen LogP contribution < -0.4 is 5.32 Å². The molecule has 0 bridgehead atoms. The number of piperidine rings is 1. The Kier molecular flexibility index (Phi) is 4.74. The molecule has 110 valence electrons. The zero-order chi connectivity index (χ0) is 13.0. The van der Waals surface area contributed by atoms with E-state index in [4.69, 9.17) is 14.2 Å². The summed E-state index contributed by atoms with van der Waals surface area (Å²) in [5.41, 5.74) is 0.238. The molecule has 2 atom stereocenters. The molecule has 0 aromatic heterocycles. The molecule has 3 heterocycles. The highest BCUT2D eigenvalue weighted by atomic mass is 16.5. The molecule has 0 spiro atoms. The zero-order valence-electron chi connectivity index (χ0n) is 11.9. The molecule has 3 saturated heterocycles. The van der Waals surface area contributed by atoms with Crippen molar-refractivity contribution >= 4 is 0 Å². The van der Waals surface area contributed by atoms with Crippen molar-refractivity contribution in [3.8, 4) is 0 Å². The second kappa shape index (κ2) is 6.53. The van der Waals surface area contributed by atoms with Crippen LogP contribution >= 0.6 is 0 Å². The maximum absolute atomic E-state index is 6.10. The molecular formula is C15H27NO3. The van der Waals surface area contributed by atoms with E-state index in [0.29, 0.717) is 12.0 Å². The summed E-state index contributed by atoms with van der Waals surface area (Å²) in [6.07, 6.45) is 6.30. The number of rotatable bonds is 4. The lowest BCUT2D eigenvalue weighted by Crippen LogP contribution is -2.55. The van der Waals surface area contributed by atoms with Crippen LogP contribution in [-0.2, 0) is 14.2 Å². The Morgan fingerprint density at radius 2 is 2.05 bits per heavy atom. The van der Waals surface area contributed by atoms with E-state index in [-0.39, 0.29) is 5.41 Å². The van der Waals surface area contributed by atoms with E-state index in [1.54, 1.807) is 0 Å². The second-order valence-electron chi connectivity index (χ2n) is 6.36.